The molecule has 1 aromatic rings. The summed E-state index contributed by atoms with van der Waals surface area (Å²) in [6.07, 6.45) is 0. The van der Waals surface area contributed by atoms with E-state index < -0.39 is 21.4 Å². The summed E-state index contributed by atoms with van der Waals surface area (Å²) in [7, 11) is -2.38. The number of sulfonamides is 1. The van der Waals surface area contributed by atoms with Gasteiger partial charge in [-0.3, -0.25) is 0 Å². The second-order valence-electron chi connectivity index (χ2n) is 4.84. The van der Waals surface area contributed by atoms with Crippen molar-refractivity contribution in [1.82, 2.24) is 4.72 Å². The monoisotopic (exact) mass is 290 g/mol. The lowest BCUT2D eigenvalue weighted by molar-refractivity contribution is 0.141. The van der Waals surface area contributed by atoms with Crippen molar-refractivity contribution in [1.29, 1.82) is 0 Å². The first-order valence-electron chi connectivity index (χ1n) is 5.74. The molecule has 0 aromatic heterocycles. The molecule has 0 bridgehead atoms. The number of nitrogens with two attached hydrogens (primary N) is 1. The van der Waals surface area contributed by atoms with Crippen LogP contribution in [0.5, 0.6) is 0 Å². The molecule has 0 aliphatic heterocycles. The Kier molecular flexibility index (Phi) is 5.03. The molecular formula is C12H19FN2O3S. The highest BCUT2D eigenvalue weighted by Gasteiger charge is 2.28. The number of nitrogens with one attached hydrogen (secondary N) is 1. The molecule has 0 amide bonds. The minimum atomic E-state index is -3.86. The molecule has 0 aliphatic carbocycles. The molecule has 0 fully saturated rings. The van der Waals surface area contributed by atoms with Gasteiger partial charge in [0.05, 0.1) is 17.0 Å². The minimum Gasteiger partial charge on any atom is -0.383 e. The Morgan fingerprint density at radius 3 is 2.58 bits per heavy atom. The topological polar surface area (TPSA) is 81.4 Å². The van der Waals surface area contributed by atoms with E-state index in [-0.39, 0.29) is 23.6 Å². The van der Waals surface area contributed by atoms with Gasteiger partial charge in [-0.2, -0.15) is 0 Å². The van der Waals surface area contributed by atoms with Crippen molar-refractivity contribution in [2.24, 2.45) is 5.73 Å². The zero-order valence-electron chi connectivity index (χ0n) is 11.2. The molecule has 108 valence electrons. The van der Waals surface area contributed by atoms with Crippen LogP contribution in [0.15, 0.2) is 23.1 Å². The summed E-state index contributed by atoms with van der Waals surface area (Å²) >= 11 is 0. The summed E-state index contributed by atoms with van der Waals surface area (Å²) in [6, 6.07) is 3.85. The molecule has 1 rings (SSSR count). The van der Waals surface area contributed by atoms with Gasteiger partial charge in [0.1, 0.15) is 5.82 Å². The second-order valence-corrected chi connectivity index (χ2v) is 6.49. The Labute approximate surface area is 113 Å². The van der Waals surface area contributed by atoms with Gasteiger partial charge >= 0.3 is 0 Å². The van der Waals surface area contributed by atoms with Crippen molar-refractivity contribution in [3.05, 3.63) is 29.6 Å². The first-order chi connectivity index (χ1) is 8.73. The fraction of sp³-hybridized carbons (Fsp3) is 0.500. The van der Waals surface area contributed by atoms with Gasteiger partial charge in [-0.15, -0.1) is 0 Å². The van der Waals surface area contributed by atoms with Crippen LogP contribution in [-0.2, 0) is 21.3 Å². The molecule has 5 nitrogen and oxygen atoms in total. The zero-order chi connectivity index (χ0) is 14.7. The maximum atomic E-state index is 13.6. The van der Waals surface area contributed by atoms with Gasteiger partial charge in [0.25, 0.3) is 0 Å². The molecule has 3 N–H and O–H groups in total. The second kappa shape index (κ2) is 5.96. The van der Waals surface area contributed by atoms with E-state index in [1.54, 1.807) is 13.8 Å². The molecular weight excluding hydrogens is 271 g/mol. The Hall–Kier alpha value is -1.02. The molecule has 0 spiro atoms. The highest BCUT2D eigenvalue weighted by molar-refractivity contribution is 7.89. The quantitative estimate of drug-likeness (QED) is 0.818. The van der Waals surface area contributed by atoms with Gasteiger partial charge in [0.15, 0.2) is 0 Å². The third kappa shape index (κ3) is 3.97. The number of methoxy groups -OCH3 is 1. The van der Waals surface area contributed by atoms with Crippen LogP contribution < -0.4 is 10.5 Å². The molecule has 0 unspecified atom stereocenters. The van der Waals surface area contributed by atoms with Gasteiger partial charge < -0.3 is 10.5 Å². The number of benzene rings is 1. The summed E-state index contributed by atoms with van der Waals surface area (Å²) < 4.78 is 45.5. The average molecular weight is 290 g/mol. The molecule has 0 heterocycles. The van der Waals surface area contributed by atoms with E-state index in [1.165, 1.54) is 25.3 Å². The van der Waals surface area contributed by atoms with E-state index in [0.29, 0.717) is 0 Å². The Balaban J connectivity index is 3.18. The largest absolute Gasteiger partial charge is 0.383 e. The Bertz CT molecular complexity index is 544. The van der Waals surface area contributed by atoms with Crippen LogP contribution in [0.3, 0.4) is 0 Å². The molecule has 0 aliphatic rings. The number of halogens is 1. The van der Waals surface area contributed by atoms with Crippen molar-refractivity contribution >= 4 is 10.0 Å². The lowest BCUT2D eigenvalue weighted by Gasteiger charge is -2.25. The van der Waals surface area contributed by atoms with E-state index in [4.69, 9.17) is 10.5 Å². The van der Waals surface area contributed by atoms with Crippen LogP contribution in [0.1, 0.15) is 19.4 Å². The Morgan fingerprint density at radius 2 is 2.05 bits per heavy atom. The van der Waals surface area contributed by atoms with Crippen LogP contribution in [0.4, 0.5) is 4.39 Å². The minimum absolute atomic E-state index is 0.0248. The van der Waals surface area contributed by atoms with Gasteiger partial charge in [-0.25, -0.2) is 17.5 Å². The van der Waals surface area contributed by atoms with Crippen molar-refractivity contribution < 1.29 is 17.5 Å². The van der Waals surface area contributed by atoms with Crippen LogP contribution in [0.25, 0.3) is 0 Å². The molecule has 0 radical (unpaired) electrons. The third-order valence-electron chi connectivity index (χ3n) is 2.49. The normalized spacial score (nSPS) is 12.7. The molecule has 7 heteroatoms. The fourth-order valence-corrected chi connectivity index (χ4v) is 3.46. The van der Waals surface area contributed by atoms with Gasteiger partial charge in [0, 0.05) is 19.2 Å². The first-order valence-corrected chi connectivity index (χ1v) is 7.22. The maximum Gasteiger partial charge on any atom is 0.241 e. The maximum absolute atomic E-state index is 13.6. The van der Waals surface area contributed by atoms with Crippen LogP contribution >= 0.6 is 0 Å². The lowest BCUT2D eigenvalue weighted by atomic mass is 10.1. The number of hydrogen-bond acceptors (Lipinski definition) is 4. The number of rotatable bonds is 6. The number of ether oxygens (including phenoxy) is 1. The summed E-state index contributed by atoms with van der Waals surface area (Å²) in [4.78, 5) is -0.140. The van der Waals surface area contributed by atoms with Crippen molar-refractivity contribution in [2.75, 3.05) is 13.7 Å². The highest BCUT2D eigenvalue weighted by atomic mass is 32.2. The summed E-state index contributed by atoms with van der Waals surface area (Å²) in [5, 5.41) is 0. The lowest BCUT2D eigenvalue weighted by Crippen LogP contribution is -2.46. The third-order valence-corrected chi connectivity index (χ3v) is 4.27. The van der Waals surface area contributed by atoms with E-state index in [9.17, 15) is 12.8 Å². The Morgan fingerprint density at radius 1 is 1.42 bits per heavy atom. The molecule has 19 heavy (non-hydrogen) atoms. The molecule has 0 saturated carbocycles. The first kappa shape index (κ1) is 16.0. The summed E-state index contributed by atoms with van der Waals surface area (Å²) in [5.41, 5.74) is 4.59. The zero-order valence-corrected chi connectivity index (χ0v) is 12.1. The van der Waals surface area contributed by atoms with Crippen molar-refractivity contribution in [3.8, 4) is 0 Å². The standard InChI is InChI=1S/C12H19FN2O3S/c1-12(2,8-18-3)15-19(16,17)11-6-4-5-10(13)9(11)7-14/h4-6,15H,7-8,14H2,1-3H3. The molecule has 0 saturated heterocycles. The van der Waals surface area contributed by atoms with Crippen LogP contribution in [-0.4, -0.2) is 27.7 Å². The predicted molar refractivity (Wildman–Crippen MR) is 70.6 cm³/mol. The SMILES string of the molecule is COCC(C)(C)NS(=O)(=O)c1cccc(F)c1CN. The van der Waals surface area contributed by atoms with E-state index in [2.05, 4.69) is 4.72 Å². The van der Waals surface area contributed by atoms with Crippen LogP contribution in [0, 0.1) is 5.82 Å². The molecule has 0 atom stereocenters. The van der Waals surface area contributed by atoms with Gasteiger partial charge in [-0.05, 0) is 26.0 Å². The van der Waals surface area contributed by atoms with E-state index in [0.717, 1.165) is 0 Å². The highest BCUT2D eigenvalue weighted by Crippen LogP contribution is 2.20. The summed E-state index contributed by atoms with van der Waals surface area (Å²) in [6.45, 7) is 3.36. The number of hydrogen-bond donors (Lipinski definition) is 2. The predicted octanol–water partition coefficient (Wildman–Crippen LogP) is 0.988. The van der Waals surface area contributed by atoms with E-state index in [1.807, 2.05) is 0 Å². The van der Waals surface area contributed by atoms with Crippen LogP contribution in [0.2, 0.25) is 0 Å². The van der Waals surface area contributed by atoms with E-state index >= 15 is 0 Å². The summed E-state index contributed by atoms with van der Waals surface area (Å²) in [5.74, 6) is -0.630. The van der Waals surface area contributed by atoms with Gasteiger partial charge in [-0.1, -0.05) is 6.07 Å². The van der Waals surface area contributed by atoms with Crippen molar-refractivity contribution in [3.63, 3.8) is 0 Å². The van der Waals surface area contributed by atoms with Crippen molar-refractivity contribution in [2.45, 2.75) is 30.8 Å². The van der Waals surface area contributed by atoms with Gasteiger partial charge in [0.2, 0.25) is 10.0 Å². The smallest absolute Gasteiger partial charge is 0.241 e. The molecule has 1 aromatic carbocycles. The average Bonchev–Trinajstić information content (AvgIpc) is 2.26. The fourth-order valence-electron chi connectivity index (χ4n) is 1.80.